The maximum Gasteiger partial charge on any atom is 0.228 e. The molecule has 4 unspecified atom stereocenters. The first kappa shape index (κ1) is 21.2. The van der Waals surface area contributed by atoms with Crippen LogP contribution in [0.5, 0.6) is 0 Å². The Morgan fingerprint density at radius 3 is 2.75 bits per heavy atom. The first-order valence-corrected chi connectivity index (χ1v) is 11.1. The standard InChI is InChI=1S/C23H29FN6O2/c1-13-6-15-9-25-23(27-22-7-14(2)28-29(22)3)26-19(15)8-17(13)16-4-5-30(10-18(16)24)20-11-32-12-21(20)31/h6-9,16,18,20-21,31H,4-5,10-12H2,1-3H3,(H,25,26,27). The van der Waals surface area contributed by atoms with E-state index in [1.807, 2.05) is 44.0 Å². The first-order chi connectivity index (χ1) is 15.4. The number of halogens is 1. The third-order valence-corrected chi connectivity index (χ3v) is 6.67. The van der Waals surface area contributed by atoms with E-state index >= 15 is 4.39 Å². The van der Waals surface area contributed by atoms with Crippen molar-refractivity contribution in [2.24, 2.45) is 7.05 Å². The van der Waals surface area contributed by atoms with Crippen LogP contribution in [0.25, 0.3) is 10.9 Å². The second-order valence-electron chi connectivity index (χ2n) is 8.96. The normalized spacial score (nSPS) is 26.7. The number of alkyl halides is 1. The molecule has 0 bridgehead atoms. The molecule has 2 aliphatic heterocycles. The van der Waals surface area contributed by atoms with E-state index in [4.69, 9.17) is 4.74 Å². The molecule has 2 aromatic heterocycles. The summed E-state index contributed by atoms with van der Waals surface area (Å²) in [5, 5.41) is 18.6. The summed E-state index contributed by atoms with van der Waals surface area (Å²) in [5.74, 6) is 1.10. The zero-order valence-electron chi connectivity index (χ0n) is 18.6. The van der Waals surface area contributed by atoms with Crippen LogP contribution in [0.3, 0.4) is 0 Å². The summed E-state index contributed by atoms with van der Waals surface area (Å²) in [6, 6.07) is 5.87. The number of anilines is 2. The number of benzene rings is 1. The number of rotatable bonds is 4. The van der Waals surface area contributed by atoms with Gasteiger partial charge in [-0.1, -0.05) is 0 Å². The molecule has 2 aliphatic rings. The van der Waals surface area contributed by atoms with Crippen LogP contribution >= 0.6 is 0 Å². The second-order valence-corrected chi connectivity index (χ2v) is 8.96. The summed E-state index contributed by atoms with van der Waals surface area (Å²) in [7, 11) is 1.86. The number of likely N-dealkylation sites (tertiary alicyclic amines) is 1. The number of hydrogen-bond acceptors (Lipinski definition) is 7. The van der Waals surface area contributed by atoms with Crippen molar-refractivity contribution in [3.63, 3.8) is 0 Å². The molecule has 0 aliphatic carbocycles. The van der Waals surface area contributed by atoms with E-state index in [0.29, 0.717) is 32.1 Å². The number of ether oxygens (including phenoxy) is 1. The number of aryl methyl sites for hydroxylation is 3. The van der Waals surface area contributed by atoms with Crippen LogP contribution in [0, 0.1) is 13.8 Å². The maximum atomic E-state index is 15.3. The second kappa shape index (κ2) is 8.38. The Kier molecular flexibility index (Phi) is 5.56. The third kappa shape index (κ3) is 3.96. The van der Waals surface area contributed by atoms with Gasteiger partial charge >= 0.3 is 0 Å². The van der Waals surface area contributed by atoms with Gasteiger partial charge in [-0.25, -0.2) is 14.4 Å². The maximum absolute atomic E-state index is 15.3. The lowest BCUT2D eigenvalue weighted by molar-refractivity contribution is 0.0352. The van der Waals surface area contributed by atoms with Crippen molar-refractivity contribution in [2.75, 3.05) is 31.6 Å². The summed E-state index contributed by atoms with van der Waals surface area (Å²) < 4.78 is 22.4. The van der Waals surface area contributed by atoms with Gasteiger partial charge in [0.05, 0.1) is 36.6 Å². The molecule has 4 heterocycles. The van der Waals surface area contributed by atoms with E-state index in [2.05, 4.69) is 20.4 Å². The van der Waals surface area contributed by atoms with Crippen LogP contribution < -0.4 is 5.32 Å². The van der Waals surface area contributed by atoms with E-state index in [1.165, 1.54) is 0 Å². The summed E-state index contributed by atoms with van der Waals surface area (Å²) in [4.78, 5) is 11.2. The van der Waals surface area contributed by atoms with Crippen LogP contribution in [-0.4, -0.2) is 74.4 Å². The van der Waals surface area contributed by atoms with Gasteiger partial charge in [-0.05, 0) is 50.1 Å². The molecule has 8 nitrogen and oxygen atoms in total. The van der Waals surface area contributed by atoms with Crippen molar-refractivity contribution >= 4 is 22.7 Å². The Morgan fingerprint density at radius 2 is 2.06 bits per heavy atom. The lowest BCUT2D eigenvalue weighted by Gasteiger charge is -2.39. The quantitative estimate of drug-likeness (QED) is 0.645. The molecule has 2 N–H and O–H groups in total. The van der Waals surface area contributed by atoms with Crippen LogP contribution in [0.4, 0.5) is 16.2 Å². The Balaban J connectivity index is 1.39. The van der Waals surface area contributed by atoms with E-state index in [1.54, 1.807) is 10.9 Å². The van der Waals surface area contributed by atoms with Gasteiger partial charge < -0.3 is 15.2 Å². The number of aliphatic hydroxyl groups is 1. The van der Waals surface area contributed by atoms with Gasteiger partial charge in [0.25, 0.3) is 0 Å². The van der Waals surface area contributed by atoms with E-state index < -0.39 is 12.3 Å². The van der Waals surface area contributed by atoms with Gasteiger partial charge in [-0.2, -0.15) is 5.10 Å². The molecule has 2 saturated heterocycles. The molecule has 3 aromatic rings. The van der Waals surface area contributed by atoms with Gasteiger partial charge in [0.2, 0.25) is 5.95 Å². The smallest absolute Gasteiger partial charge is 0.228 e. The minimum absolute atomic E-state index is 0.107. The number of fused-ring (bicyclic) bond motifs is 1. The molecular weight excluding hydrogens is 411 g/mol. The average molecular weight is 441 g/mol. The highest BCUT2D eigenvalue weighted by atomic mass is 19.1. The molecule has 5 rings (SSSR count). The van der Waals surface area contributed by atoms with E-state index in [9.17, 15) is 5.11 Å². The van der Waals surface area contributed by atoms with Crippen molar-refractivity contribution in [1.82, 2.24) is 24.6 Å². The van der Waals surface area contributed by atoms with E-state index in [0.717, 1.165) is 40.1 Å². The van der Waals surface area contributed by atoms with Crippen molar-refractivity contribution in [3.8, 4) is 0 Å². The lowest BCUT2D eigenvalue weighted by Crippen LogP contribution is -2.50. The minimum atomic E-state index is -1.01. The SMILES string of the molecule is Cc1cc(Nc2ncc3cc(C)c(C4CCN(C5COCC5O)CC4F)cc3n2)n(C)n1. The number of aliphatic hydroxyl groups excluding tert-OH is 1. The zero-order valence-corrected chi connectivity index (χ0v) is 18.6. The summed E-state index contributed by atoms with van der Waals surface area (Å²) in [6.07, 6.45) is 0.944. The Hall–Kier alpha value is -2.62. The molecule has 0 saturated carbocycles. The monoisotopic (exact) mass is 440 g/mol. The molecule has 0 radical (unpaired) electrons. The topological polar surface area (TPSA) is 88.3 Å². The summed E-state index contributed by atoms with van der Waals surface area (Å²) >= 11 is 0. The molecule has 1 aromatic carbocycles. The molecule has 4 atom stereocenters. The van der Waals surface area contributed by atoms with Gasteiger partial charge in [0.15, 0.2) is 0 Å². The summed E-state index contributed by atoms with van der Waals surface area (Å²) in [5.41, 5.74) is 3.74. The molecule has 32 heavy (non-hydrogen) atoms. The highest BCUT2D eigenvalue weighted by Gasteiger charge is 2.38. The fraction of sp³-hybridized carbons (Fsp3) is 0.522. The van der Waals surface area contributed by atoms with E-state index in [-0.39, 0.29) is 12.0 Å². The van der Waals surface area contributed by atoms with Crippen molar-refractivity contribution in [1.29, 1.82) is 0 Å². The Morgan fingerprint density at radius 1 is 1.22 bits per heavy atom. The van der Waals surface area contributed by atoms with Crippen molar-refractivity contribution < 1.29 is 14.2 Å². The van der Waals surface area contributed by atoms with Crippen LogP contribution in [-0.2, 0) is 11.8 Å². The molecule has 9 heteroatoms. The molecular formula is C23H29FN6O2. The molecule has 0 spiro atoms. The molecule has 170 valence electrons. The van der Waals surface area contributed by atoms with Crippen molar-refractivity contribution in [2.45, 2.75) is 44.5 Å². The first-order valence-electron chi connectivity index (χ1n) is 11.1. The lowest BCUT2D eigenvalue weighted by atomic mass is 9.84. The van der Waals surface area contributed by atoms with Crippen LogP contribution in [0.2, 0.25) is 0 Å². The zero-order chi connectivity index (χ0) is 22.4. The number of hydrogen-bond donors (Lipinski definition) is 2. The molecule has 2 fully saturated rings. The Labute approximate surface area is 186 Å². The molecule has 0 amide bonds. The number of nitrogens with zero attached hydrogens (tertiary/aromatic N) is 5. The summed E-state index contributed by atoms with van der Waals surface area (Å²) in [6.45, 7) is 5.80. The van der Waals surface area contributed by atoms with Gasteiger partial charge in [0, 0.05) is 37.2 Å². The largest absolute Gasteiger partial charge is 0.389 e. The fourth-order valence-corrected chi connectivity index (χ4v) is 4.97. The Bertz CT molecular complexity index is 1140. The van der Waals surface area contributed by atoms with Crippen LogP contribution in [0.15, 0.2) is 24.4 Å². The van der Waals surface area contributed by atoms with Gasteiger partial charge in [-0.3, -0.25) is 9.58 Å². The predicted octanol–water partition coefficient (Wildman–Crippen LogP) is 2.61. The number of aromatic nitrogens is 4. The van der Waals surface area contributed by atoms with Crippen molar-refractivity contribution in [3.05, 3.63) is 41.2 Å². The highest BCUT2D eigenvalue weighted by Crippen LogP contribution is 2.35. The average Bonchev–Trinajstić information content (AvgIpc) is 3.32. The minimum Gasteiger partial charge on any atom is -0.389 e. The van der Waals surface area contributed by atoms with Gasteiger partial charge in [0.1, 0.15) is 12.0 Å². The third-order valence-electron chi connectivity index (χ3n) is 6.67. The highest BCUT2D eigenvalue weighted by molar-refractivity contribution is 5.81. The van der Waals surface area contributed by atoms with Gasteiger partial charge in [-0.15, -0.1) is 0 Å². The van der Waals surface area contributed by atoms with Crippen LogP contribution in [0.1, 0.15) is 29.2 Å². The predicted molar refractivity (Wildman–Crippen MR) is 120 cm³/mol. The number of nitrogens with one attached hydrogen (secondary N) is 1. The fourth-order valence-electron chi connectivity index (χ4n) is 4.97. The number of piperidine rings is 1.